The van der Waals surface area contributed by atoms with Crippen molar-refractivity contribution in [2.24, 2.45) is 0 Å². The zero-order chi connectivity index (χ0) is 15.2. The Labute approximate surface area is 121 Å². The minimum absolute atomic E-state index is 0.136. The predicted octanol–water partition coefficient (Wildman–Crippen LogP) is 2.56. The summed E-state index contributed by atoms with van der Waals surface area (Å²) in [6, 6.07) is 3.04. The summed E-state index contributed by atoms with van der Waals surface area (Å²) in [6.07, 6.45) is 5.22. The molecule has 1 amide bonds. The lowest BCUT2D eigenvalue weighted by molar-refractivity contribution is -0.385. The van der Waals surface area contributed by atoms with Gasteiger partial charge in [0.05, 0.1) is 4.92 Å². The van der Waals surface area contributed by atoms with Gasteiger partial charge >= 0.3 is 5.69 Å². The van der Waals surface area contributed by atoms with Crippen molar-refractivity contribution in [1.82, 2.24) is 5.32 Å². The van der Waals surface area contributed by atoms with Gasteiger partial charge in [-0.25, -0.2) is 4.39 Å². The topological polar surface area (TPSA) is 81.5 Å². The molecule has 1 N–H and O–H groups in total. The molecule has 114 valence electrons. The molecule has 1 saturated carbocycles. The van der Waals surface area contributed by atoms with Gasteiger partial charge in [0.25, 0.3) is 5.91 Å². The Kier molecular flexibility index (Phi) is 5.08. The maximum Gasteiger partial charge on any atom is 0.311 e. The highest BCUT2D eigenvalue weighted by molar-refractivity contribution is 5.78. The first-order chi connectivity index (χ1) is 10.1. The summed E-state index contributed by atoms with van der Waals surface area (Å²) in [5.41, 5.74) is -0.359. The SMILES string of the molecule is O=C(COc1cc(F)ccc1[N+](=O)[O-])NC1CCCCC1. The molecule has 0 aliphatic heterocycles. The van der Waals surface area contributed by atoms with E-state index in [9.17, 15) is 19.3 Å². The van der Waals surface area contributed by atoms with Crippen molar-refractivity contribution in [3.05, 3.63) is 34.1 Å². The second kappa shape index (κ2) is 7.01. The zero-order valence-electron chi connectivity index (χ0n) is 11.5. The highest BCUT2D eigenvalue weighted by Crippen LogP contribution is 2.27. The first-order valence-corrected chi connectivity index (χ1v) is 6.92. The molecular weight excluding hydrogens is 279 g/mol. The van der Waals surface area contributed by atoms with E-state index in [0.29, 0.717) is 0 Å². The highest BCUT2D eigenvalue weighted by Gasteiger charge is 2.19. The van der Waals surface area contributed by atoms with Gasteiger partial charge < -0.3 is 10.1 Å². The maximum atomic E-state index is 13.1. The van der Waals surface area contributed by atoms with Gasteiger partial charge in [0.15, 0.2) is 6.61 Å². The standard InChI is InChI=1S/C14H17FN2O4/c15-10-6-7-12(17(19)20)13(8-10)21-9-14(18)16-11-4-2-1-3-5-11/h6-8,11H,1-5,9H2,(H,16,18). The van der Waals surface area contributed by atoms with Gasteiger partial charge in [0.1, 0.15) is 5.82 Å². The van der Waals surface area contributed by atoms with E-state index in [1.54, 1.807) is 0 Å². The van der Waals surface area contributed by atoms with Crippen LogP contribution in [0.3, 0.4) is 0 Å². The minimum Gasteiger partial charge on any atom is -0.477 e. The molecule has 1 aromatic carbocycles. The number of hydrogen-bond donors (Lipinski definition) is 1. The number of hydrogen-bond acceptors (Lipinski definition) is 4. The third kappa shape index (κ3) is 4.40. The predicted molar refractivity (Wildman–Crippen MR) is 73.6 cm³/mol. The van der Waals surface area contributed by atoms with Crippen molar-refractivity contribution >= 4 is 11.6 Å². The van der Waals surface area contributed by atoms with Crippen LogP contribution in [0.1, 0.15) is 32.1 Å². The lowest BCUT2D eigenvalue weighted by Gasteiger charge is -2.22. The average molecular weight is 296 g/mol. The minimum atomic E-state index is -0.673. The quantitative estimate of drug-likeness (QED) is 0.668. The summed E-state index contributed by atoms with van der Waals surface area (Å²) >= 11 is 0. The number of nitrogens with one attached hydrogen (secondary N) is 1. The lowest BCUT2D eigenvalue weighted by Crippen LogP contribution is -2.39. The number of rotatable bonds is 5. The molecule has 21 heavy (non-hydrogen) atoms. The van der Waals surface area contributed by atoms with Gasteiger partial charge in [-0.2, -0.15) is 0 Å². The van der Waals surface area contributed by atoms with E-state index >= 15 is 0 Å². The highest BCUT2D eigenvalue weighted by atomic mass is 19.1. The Balaban J connectivity index is 1.91. The molecular formula is C14H17FN2O4. The van der Waals surface area contributed by atoms with Gasteiger partial charge in [-0.3, -0.25) is 14.9 Å². The number of nitro groups is 1. The molecule has 0 atom stereocenters. The molecule has 7 heteroatoms. The molecule has 6 nitrogen and oxygen atoms in total. The van der Waals surface area contributed by atoms with Crippen LogP contribution in [-0.2, 0) is 4.79 Å². The summed E-state index contributed by atoms with van der Waals surface area (Å²) in [6.45, 7) is -0.360. The van der Waals surface area contributed by atoms with Crippen molar-refractivity contribution in [2.75, 3.05) is 6.61 Å². The van der Waals surface area contributed by atoms with Gasteiger partial charge in [-0.1, -0.05) is 19.3 Å². The summed E-state index contributed by atoms with van der Waals surface area (Å²) in [5, 5.41) is 13.6. The van der Waals surface area contributed by atoms with E-state index in [1.165, 1.54) is 6.42 Å². The van der Waals surface area contributed by atoms with Crippen molar-refractivity contribution < 1.29 is 18.8 Å². The second-order valence-corrected chi connectivity index (χ2v) is 5.06. The number of benzene rings is 1. The summed E-state index contributed by atoms with van der Waals surface area (Å²) in [4.78, 5) is 21.9. The smallest absolute Gasteiger partial charge is 0.311 e. The molecule has 1 aromatic rings. The molecule has 1 aliphatic rings. The number of halogens is 1. The Morgan fingerprint density at radius 3 is 2.76 bits per heavy atom. The van der Waals surface area contributed by atoms with Crippen molar-refractivity contribution in [3.63, 3.8) is 0 Å². The van der Waals surface area contributed by atoms with E-state index in [0.717, 1.165) is 43.9 Å². The van der Waals surface area contributed by atoms with E-state index in [2.05, 4.69) is 5.32 Å². The normalized spacial score (nSPS) is 15.5. The molecule has 0 aromatic heterocycles. The van der Waals surface area contributed by atoms with Crippen LogP contribution in [0.2, 0.25) is 0 Å². The van der Waals surface area contributed by atoms with E-state index in [4.69, 9.17) is 4.74 Å². The van der Waals surface area contributed by atoms with E-state index < -0.39 is 10.7 Å². The van der Waals surface area contributed by atoms with Crippen LogP contribution in [-0.4, -0.2) is 23.5 Å². The van der Waals surface area contributed by atoms with Gasteiger partial charge in [-0.05, 0) is 18.9 Å². The van der Waals surface area contributed by atoms with Gasteiger partial charge in [-0.15, -0.1) is 0 Å². The number of carbonyl (C=O) groups excluding carboxylic acids is 1. The maximum absolute atomic E-state index is 13.1. The van der Waals surface area contributed by atoms with Crippen LogP contribution in [0, 0.1) is 15.9 Å². The fraction of sp³-hybridized carbons (Fsp3) is 0.500. The number of carbonyl (C=O) groups is 1. The Bertz CT molecular complexity index is 530. The molecule has 1 fully saturated rings. The molecule has 0 bridgehead atoms. The summed E-state index contributed by atoms with van der Waals surface area (Å²) < 4.78 is 18.2. The number of nitrogens with zero attached hydrogens (tertiary/aromatic N) is 1. The van der Waals surface area contributed by atoms with Crippen LogP contribution in [0.15, 0.2) is 18.2 Å². The second-order valence-electron chi connectivity index (χ2n) is 5.06. The van der Waals surface area contributed by atoms with Crippen molar-refractivity contribution in [1.29, 1.82) is 0 Å². The summed E-state index contributed by atoms with van der Waals surface area (Å²) in [5.74, 6) is -1.23. The third-order valence-corrected chi connectivity index (χ3v) is 3.45. The van der Waals surface area contributed by atoms with Crippen molar-refractivity contribution in [2.45, 2.75) is 38.1 Å². The number of nitro benzene ring substituents is 1. The molecule has 0 unspecified atom stereocenters. The first-order valence-electron chi connectivity index (χ1n) is 6.92. The third-order valence-electron chi connectivity index (χ3n) is 3.45. The largest absolute Gasteiger partial charge is 0.477 e. The fourth-order valence-corrected chi connectivity index (χ4v) is 2.41. The first kappa shape index (κ1) is 15.2. The van der Waals surface area contributed by atoms with Gasteiger partial charge in [0.2, 0.25) is 5.75 Å². The molecule has 0 radical (unpaired) electrons. The van der Waals surface area contributed by atoms with E-state index in [-0.39, 0.29) is 30.0 Å². The Morgan fingerprint density at radius 1 is 1.38 bits per heavy atom. The van der Waals surface area contributed by atoms with Crippen LogP contribution in [0.4, 0.5) is 10.1 Å². The number of amides is 1. The monoisotopic (exact) mass is 296 g/mol. The lowest BCUT2D eigenvalue weighted by atomic mass is 9.95. The Morgan fingerprint density at radius 2 is 2.10 bits per heavy atom. The molecule has 0 saturated heterocycles. The zero-order valence-corrected chi connectivity index (χ0v) is 11.5. The Hall–Kier alpha value is -2.18. The van der Waals surface area contributed by atoms with E-state index in [1.807, 2.05) is 0 Å². The number of ether oxygens (including phenoxy) is 1. The average Bonchev–Trinajstić information content (AvgIpc) is 2.46. The van der Waals surface area contributed by atoms with Crippen LogP contribution in [0.25, 0.3) is 0 Å². The molecule has 2 rings (SSSR count). The van der Waals surface area contributed by atoms with Crippen LogP contribution in [0.5, 0.6) is 5.75 Å². The van der Waals surface area contributed by atoms with Crippen LogP contribution >= 0.6 is 0 Å². The summed E-state index contributed by atoms with van der Waals surface area (Å²) in [7, 11) is 0. The molecule has 0 heterocycles. The van der Waals surface area contributed by atoms with Gasteiger partial charge in [0, 0.05) is 18.2 Å². The molecule has 1 aliphatic carbocycles. The molecule has 0 spiro atoms. The van der Waals surface area contributed by atoms with Crippen LogP contribution < -0.4 is 10.1 Å². The van der Waals surface area contributed by atoms with Crippen molar-refractivity contribution in [3.8, 4) is 5.75 Å². The fourth-order valence-electron chi connectivity index (χ4n) is 2.41.